The summed E-state index contributed by atoms with van der Waals surface area (Å²) in [5.74, 6) is 0. The Morgan fingerprint density at radius 1 is 0.452 bits per heavy atom. The minimum absolute atomic E-state index is 0.0515. The summed E-state index contributed by atoms with van der Waals surface area (Å²) in [6.45, 7) is 4.76. The quantitative estimate of drug-likeness (QED) is 0.226. The molecule has 0 saturated heterocycles. The largest absolute Gasteiger partial charge is 0.0616 e. The van der Waals surface area contributed by atoms with Crippen molar-refractivity contribution in [2.45, 2.75) is 19.3 Å². The highest BCUT2D eigenvalue weighted by molar-refractivity contribution is 6.21. The highest BCUT2D eigenvalue weighted by atomic mass is 14.4. The first-order chi connectivity index (χ1) is 15.1. The number of hydrogen-bond donors (Lipinski definition) is 0. The molecule has 0 radical (unpaired) electrons. The summed E-state index contributed by atoms with van der Waals surface area (Å²) in [6, 6.07) is 36.2. The Morgan fingerprint density at radius 2 is 1.10 bits per heavy atom. The maximum absolute atomic E-state index is 2.40. The summed E-state index contributed by atoms with van der Waals surface area (Å²) in [6.07, 6.45) is 0. The fourth-order valence-corrected chi connectivity index (χ4v) is 5.85. The van der Waals surface area contributed by atoms with Gasteiger partial charge in [0.2, 0.25) is 0 Å². The third kappa shape index (κ3) is 2.15. The van der Waals surface area contributed by atoms with Gasteiger partial charge in [-0.1, -0.05) is 92.7 Å². The molecule has 0 heteroatoms. The van der Waals surface area contributed by atoms with E-state index in [1.54, 1.807) is 0 Å². The molecule has 0 aliphatic heterocycles. The first kappa shape index (κ1) is 17.1. The van der Waals surface area contributed by atoms with E-state index >= 15 is 0 Å². The molecule has 31 heavy (non-hydrogen) atoms. The van der Waals surface area contributed by atoms with E-state index in [1.165, 1.54) is 65.3 Å². The molecule has 0 spiro atoms. The van der Waals surface area contributed by atoms with Crippen molar-refractivity contribution in [2.24, 2.45) is 0 Å². The predicted octanol–water partition coefficient (Wildman–Crippen LogP) is 8.61. The van der Waals surface area contributed by atoms with Crippen molar-refractivity contribution in [3.8, 4) is 11.1 Å². The number of hydrogen-bond acceptors (Lipinski definition) is 0. The van der Waals surface area contributed by atoms with Crippen molar-refractivity contribution < 1.29 is 0 Å². The summed E-state index contributed by atoms with van der Waals surface area (Å²) in [7, 11) is 0. The topological polar surface area (TPSA) is 0 Å². The molecule has 6 aromatic rings. The van der Waals surface area contributed by atoms with E-state index in [0.717, 1.165) is 0 Å². The molecular weight excluding hydrogens is 372 g/mol. The van der Waals surface area contributed by atoms with Crippen LogP contribution in [0.1, 0.15) is 25.0 Å². The van der Waals surface area contributed by atoms with Gasteiger partial charge in [0.25, 0.3) is 0 Å². The van der Waals surface area contributed by atoms with Crippen LogP contribution in [0.3, 0.4) is 0 Å². The lowest BCUT2D eigenvalue weighted by Crippen LogP contribution is -2.23. The first-order valence-corrected chi connectivity index (χ1v) is 11.0. The van der Waals surface area contributed by atoms with Gasteiger partial charge in [-0.05, 0) is 83.5 Å². The third-order valence-corrected chi connectivity index (χ3v) is 7.37. The van der Waals surface area contributed by atoms with E-state index in [0.29, 0.717) is 0 Å². The van der Waals surface area contributed by atoms with Gasteiger partial charge < -0.3 is 0 Å². The Labute approximate surface area is 181 Å². The van der Waals surface area contributed by atoms with E-state index in [-0.39, 0.29) is 5.41 Å². The van der Waals surface area contributed by atoms with Crippen LogP contribution in [0.5, 0.6) is 0 Å². The first-order valence-electron chi connectivity index (χ1n) is 11.0. The molecule has 7 rings (SSSR count). The van der Waals surface area contributed by atoms with Crippen LogP contribution in [0, 0.1) is 0 Å². The summed E-state index contributed by atoms with van der Waals surface area (Å²) in [4.78, 5) is 0. The van der Waals surface area contributed by atoms with Gasteiger partial charge in [0, 0.05) is 5.41 Å². The molecule has 0 N–H and O–H groups in total. The molecule has 146 valence electrons. The van der Waals surface area contributed by atoms with Crippen molar-refractivity contribution >= 4 is 43.1 Å². The lowest BCUT2D eigenvalue weighted by atomic mass is 9.66. The fraction of sp³-hybridized carbons (Fsp3) is 0.0968. The average molecular weight is 395 g/mol. The number of fused-ring (bicyclic) bond motifs is 7. The van der Waals surface area contributed by atoms with Crippen molar-refractivity contribution in [3.05, 3.63) is 108 Å². The summed E-state index contributed by atoms with van der Waals surface area (Å²) in [5.41, 5.74) is 5.61. The van der Waals surface area contributed by atoms with Crippen LogP contribution < -0.4 is 0 Å². The minimum atomic E-state index is -0.0515. The van der Waals surface area contributed by atoms with Gasteiger partial charge in [0.15, 0.2) is 0 Å². The van der Waals surface area contributed by atoms with Crippen LogP contribution in [0.25, 0.3) is 54.2 Å². The Bertz CT molecular complexity index is 1700. The minimum Gasteiger partial charge on any atom is -0.0616 e. The molecular formula is C31H22. The highest BCUT2D eigenvalue weighted by Gasteiger charge is 2.35. The highest BCUT2D eigenvalue weighted by Crippen LogP contribution is 2.53. The molecule has 0 fully saturated rings. The van der Waals surface area contributed by atoms with Crippen LogP contribution in [0.15, 0.2) is 97.1 Å². The standard InChI is InChI=1S/C31H22/c1-31(2)26-13-7-11-23-17-21-10-5-6-12-24(21)30(28(23)26)29-25-18-20-9-4-3-8-19(20)16-22(25)14-15-27(29)31/h3-18H,1-2H3. The van der Waals surface area contributed by atoms with Crippen molar-refractivity contribution in [1.29, 1.82) is 0 Å². The van der Waals surface area contributed by atoms with Gasteiger partial charge in [0.1, 0.15) is 0 Å². The normalized spacial score (nSPS) is 14.4. The SMILES string of the molecule is CC1(C)c2ccc3cc4ccccc4cc3c2-c2c3ccccc3cc3cccc1c23. The van der Waals surface area contributed by atoms with E-state index in [1.807, 2.05) is 0 Å². The fourth-order valence-electron chi connectivity index (χ4n) is 5.85. The van der Waals surface area contributed by atoms with E-state index in [2.05, 4.69) is 111 Å². The Kier molecular flexibility index (Phi) is 3.16. The molecule has 0 amide bonds. The second-order valence-electron chi connectivity index (χ2n) is 9.41. The average Bonchev–Trinajstić information content (AvgIpc) is 2.79. The Morgan fingerprint density at radius 3 is 1.94 bits per heavy atom. The zero-order chi connectivity index (χ0) is 20.7. The van der Waals surface area contributed by atoms with E-state index < -0.39 is 0 Å². The summed E-state index contributed by atoms with van der Waals surface area (Å²) in [5, 5.41) is 10.7. The maximum Gasteiger partial charge on any atom is 0.0159 e. The molecule has 0 unspecified atom stereocenters. The zero-order valence-corrected chi connectivity index (χ0v) is 17.7. The van der Waals surface area contributed by atoms with Gasteiger partial charge in [-0.25, -0.2) is 0 Å². The maximum atomic E-state index is 2.40. The van der Waals surface area contributed by atoms with Crippen LogP contribution in [0.2, 0.25) is 0 Å². The van der Waals surface area contributed by atoms with Gasteiger partial charge in [-0.15, -0.1) is 0 Å². The number of benzene rings is 6. The molecule has 0 nitrogen and oxygen atoms in total. The van der Waals surface area contributed by atoms with Crippen molar-refractivity contribution in [1.82, 2.24) is 0 Å². The van der Waals surface area contributed by atoms with Crippen molar-refractivity contribution in [3.63, 3.8) is 0 Å². The number of rotatable bonds is 0. The molecule has 6 aromatic carbocycles. The van der Waals surface area contributed by atoms with Crippen LogP contribution in [0.4, 0.5) is 0 Å². The van der Waals surface area contributed by atoms with Crippen molar-refractivity contribution in [2.75, 3.05) is 0 Å². The molecule has 0 atom stereocenters. The summed E-state index contributed by atoms with van der Waals surface area (Å²) >= 11 is 0. The van der Waals surface area contributed by atoms with Gasteiger partial charge in [-0.3, -0.25) is 0 Å². The molecule has 0 saturated carbocycles. The van der Waals surface area contributed by atoms with Gasteiger partial charge >= 0.3 is 0 Å². The van der Waals surface area contributed by atoms with Crippen LogP contribution in [-0.4, -0.2) is 0 Å². The second kappa shape index (κ2) is 5.74. The molecule has 0 heterocycles. The van der Waals surface area contributed by atoms with Crippen LogP contribution in [-0.2, 0) is 5.41 Å². The zero-order valence-electron chi connectivity index (χ0n) is 17.7. The van der Waals surface area contributed by atoms with E-state index in [9.17, 15) is 0 Å². The lowest BCUT2D eigenvalue weighted by Gasteiger charge is -2.36. The smallest absolute Gasteiger partial charge is 0.0159 e. The Hall–Kier alpha value is -3.64. The predicted molar refractivity (Wildman–Crippen MR) is 134 cm³/mol. The summed E-state index contributed by atoms with van der Waals surface area (Å²) < 4.78 is 0. The Balaban J connectivity index is 1.79. The van der Waals surface area contributed by atoms with Gasteiger partial charge in [-0.2, -0.15) is 0 Å². The molecule has 0 aromatic heterocycles. The van der Waals surface area contributed by atoms with E-state index in [4.69, 9.17) is 0 Å². The second-order valence-corrected chi connectivity index (χ2v) is 9.41. The van der Waals surface area contributed by atoms with Crippen LogP contribution >= 0.6 is 0 Å². The lowest BCUT2D eigenvalue weighted by molar-refractivity contribution is 0.646. The monoisotopic (exact) mass is 394 g/mol. The van der Waals surface area contributed by atoms with Gasteiger partial charge in [0.05, 0.1) is 0 Å². The third-order valence-electron chi connectivity index (χ3n) is 7.37. The molecule has 0 bridgehead atoms. The molecule has 1 aliphatic carbocycles. The molecule has 1 aliphatic rings.